The summed E-state index contributed by atoms with van der Waals surface area (Å²) in [7, 11) is -1.34. The minimum Gasteiger partial charge on any atom is -0.326 e. The van der Waals surface area contributed by atoms with Gasteiger partial charge in [-0.05, 0) is 18.9 Å². The first-order valence-corrected chi connectivity index (χ1v) is 12.5. The summed E-state index contributed by atoms with van der Waals surface area (Å²) in [6.45, 7) is 12.4. The molecule has 3 saturated heterocycles. The fourth-order valence-corrected chi connectivity index (χ4v) is 5.30. The quantitative estimate of drug-likeness (QED) is 0.513. The van der Waals surface area contributed by atoms with Gasteiger partial charge in [0.05, 0.1) is 30.6 Å². The third kappa shape index (κ3) is 3.88. The molecule has 0 aromatic carbocycles. The Kier molecular flexibility index (Phi) is 5.73. The van der Waals surface area contributed by atoms with Gasteiger partial charge in [-0.1, -0.05) is 52.1 Å². The third-order valence-corrected chi connectivity index (χ3v) is 6.38. The van der Waals surface area contributed by atoms with Crippen LogP contribution in [0.3, 0.4) is 0 Å². The van der Waals surface area contributed by atoms with Crippen molar-refractivity contribution in [1.29, 1.82) is 5.26 Å². The molecule has 2 bridgehead atoms. The van der Waals surface area contributed by atoms with Gasteiger partial charge in [-0.25, -0.2) is 0 Å². The van der Waals surface area contributed by atoms with E-state index in [0.717, 1.165) is 25.3 Å². The van der Waals surface area contributed by atoms with E-state index in [-0.39, 0.29) is 11.3 Å². The van der Waals surface area contributed by atoms with Gasteiger partial charge in [0.25, 0.3) is 5.97 Å². The average molecular weight is 338 g/mol. The van der Waals surface area contributed by atoms with Crippen molar-refractivity contribution in [2.75, 3.05) is 13.2 Å². The Labute approximate surface area is 141 Å². The molecule has 3 heterocycles. The summed E-state index contributed by atoms with van der Waals surface area (Å²) in [6, 6.07) is 3.38. The third-order valence-electron chi connectivity index (χ3n) is 4.72. The fraction of sp³-hybridized carbons (Fsp3) is 0.833. The first-order valence-electron chi connectivity index (χ1n) is 8.83. The molecule has 0 aliphatic carbocycles. The van der Waals surface area contributed by atoms with Crippen LogP contribution in [0.15, 0.2) is 12.2 Å². The Hall–Kier alpha value is -0.673. The lowest BCUT2D eigenvalue weighted by Gasteiger charge is -2.56. The number of rotatable bonds is 7. The summed E-state index contributed by atoms with van der Waals surface area (Å²) < 4.78 is 18.4. The van der Waals surface area contributed by atoms with Crippen LogP contribution in [0.5, 0.6) is 0 Å². The molecule has 23 heavy (non-hydrogen) atoms. The van der Waals surface area contributed by atoms with Crippen molar-refractivity contribution in [3.63, 3.8) is 0 Å². The highest BCUT2D eigenvalue weighted by molar-refractivity contribution is 6.76. The van der Waals surface area contributed by atoms with Crippen molar-refractivity contribution in [3.05, 3.63) is 12.2 Å². The van der Waals surface area contributed by atoms with Crippen molar-refractivity contribution < 1.29 is 14.2 Å². The van der Waals surface area contributed by atoms with E-state index < -0.39 is 20.2 Å². The van der Waals surface area contributed by atoms with Crippen molar-refractivity contribution in [2.45, 2.75) is 70.9 Å². The Bertz CT molecular complexity index is 470. The summed E-state index contributed by atoms with van der Waals surface area (Å²) in [5, 5.41) is 9.61. The Balaban J connectivity index is 2.27. The van der Waals surface area contributed by atoms with Crippen LogP contribution in [0, 0.1) is 22.7 Å². The van der Waals surface area contributed by atoms with Gasteiger partial charge in [-0.2, -0.15) is 5.26 Å². The van der Waals surface area contributed by atoms with Gasteiger partial charge in [0.1, 0.15) is 0 Å². The summed E-state index contributed by atoms with van der Waals surface area (Å²) in [6.07, 6.45) is 6.74. The molecule has 2 atom stereocenters. The van der Waals surface area contributed by atoms with Crippen molar-refractivity contribution in [2.24, 2.45) is 11.3 Å². The standard InChI is InChI=1S/C18H31NO3Si/c1-6-8-9-15(12-23(3,4)5)18-20-13-17(10-7-2,14-21-18)16(11-19)22-18/h8-9,15-16H,6-7,10,12-14H2,1-5H3/b9-8-. The Morgan fingerprint density at radius 1 is 1.26 bits per heavy atom. The van der Waals surface area contributed by atoms with Crippen LogP contribution in [0.4, 0.5) is 0 Å². The molecule has 0 amide bonds. The Morgan fingerprint density at radius 2 is 1.91 bits per heavy atom. The molecule has 0 N–H and O–H groups in total. The highest BCUT2D eigenvalue weighted by atomic mass is 28.3. The molecule has 3 aliphatic rings. The molecular formula is C18H31NO3Si. The van der Waals surface area contributed by atoms with E-state index in [9.17, 15) is 5.26 Å². The minimum atomic E-state index is -1.34. The minimum absolute atomic E-state index is 0.0462. The predicted molar refractivity (Wildman–Crippen MR) is 93.5 cm³/mol. The molecule has 0 aromatic rings. The molecule has 3 rings (SSSR count). The number of ether oxygens (including phenoxy) is 3. The molecule has 3 aliphatic heterocycles. The second-order valence-electron chi connectivity index (χ2n) is 8.13. The second kappa shape index (κ2) is 7.06. The molecule has 4 nitrogen and oxygen atoms in total. The molecular weight excluding hydrogens is 306 g/mol. The normalized spacial score (nSPS) is 35.4. The van der Waals surface area contributed by atoms with Gasteiger partial charge in [0.2, 0.25) is 0 Å². The van der Waals surface area contributed by atoms with Crippen LogP contribution in [-0.2, 0) is 14.2 Å². The lowest BCUT2D eigenvalue weighted by molar-refractivity contribution is -0.492. The summed E-state index contributed by atoms with van der Waals surface area (Å²) >= 11 is 0. The van der Waals surface area contributed by atoms with Gasteiger partial charge in [-0.3, -0.25) is 0 Å². The molecule has 0 radical (unpaired) electrons. The van der Waals surface area contributed by atoms with Gasteiger partial charge >= 0.3 is 0 Å². The van der Waals surface area contributed by atoms with E-state index in [1.807, 2.05) is 0 Å². The topological polar surface area (TPSA) is 51.5 Å². The number of hydrogen-bond donors (Lipinski definition) is 0. The molecule has 0 spiro atoms. The van der Waals surface area contributed by atoms with Crippen LogP contribution < -0.4 is 0 Å². The van der Waals surface area contributed by atoms with Gasteiger partial charge in [0, 0.05) is 8.07 Å². The summed E-state index contributed by atoms with van der Waals surface area (Å²) in [5.74, 6) is -1.02. The lowest BCUT2D eigenvalue weighted by Crippen LogP contribution is -2.66. The fourth-order valence-electron chi connectivity index (χ4n) is 3.59. The van der Waals surface area contributed by atoms with E-state index >= 15 is 0 Å². The van der Waals surface area contributed by atoms with Gasteiger partial charge < -0.3 is 14.2 Å². The highest BCUT2D eigenvalue weighted by Crippen LogP contribution is 2.50. The maximum absolute atomic E-state index is 9.61. The maximum Gasteiger partial charge on any atom is 0.290 e. The van der Waals surface area contributed by atoms with Crippen molar-refractivity contribution in [3.8, 4) is 6.07 Å². The van der Waals surface area contributed by atoms with Gasteiger partial charge in [0.15, 0.2) is 6.10 Å². The lowest BCUT2D eigenvalue weighted by atomic mass is 9.77. The highest BCUT2D eigenvalue weighted by Gasteiger charge is 2.60. The monoisotopic (exact) mass is 337 g/mol. The zero-order valence-corrected chi connectivity index (χ0v) is 16.2. The maximum atomic E-state index is 9.61. The van der Waals surface area contributed by atoms with Crippen LogP contribution >= 0.6 is 0 Å². The number of hydrogen-bond acceptors (Lipinski definition) is 4. The second-order valence-corrected chi connectivity index (χ2v) is 13.7. The van der Waals surface area contributed by atoms with E-state index in [2.05, 4.69) is 51.7 Å². The smallest absolute Gasteiger partial charge is 0.290 e. The van der Waals surface area contributed by atoms with E-state index in [1.54, 1.807) is 0 Å². The molecule has 0 aromatic heterocycles. The first-order chi connectivity index (χ1) is 10.8. The van der Waals surface area contributed by atoms with Crippen LogP contribution in [0.2, 0.25) is 25.7 Å². The zero-order chi connectivity index (χ0) is 17.1. The van der Waals surface area contributed by atoms with Gasteiger partial charge in [-0.15, -0.1) is 0 Å². The van der Waals surface area contributed by atoms with Crippen molar-refractivity contribution in [1.82, 2.24) is 0 Å². The molecule has 2 unspecified atom stereocenters. The largest absolute Gasteiger partial charge is 0.326 e. The van der Waals surface area contributed by atoms with Crippen molar-refractivity contribution >= 4 is 8.07 Å². The van der Waals surface area contributed by atoms with E-state index in [1.165, 1.54) is 0 Å². The SMILES string of the molecule is CC/C=C\C(C[Si](C)(C)C)C12OCC(CCC)(CO1)C(C#N)O2. The van der Waals surface area contributed by atoms with Crippen LogP contribution in [0.25, 0.3) is 0 Å². The van der Waals surface area contributed by atoms with E-state index in [0.29, 0.717) is 13.2 Å². The Morgan fingerprint density at radius 3 is 2.39 bits per heavy atom. The molecule has 0 saturated carbocycles. The molecule has 130 valence electrons. The predicted octanol–water partition coefficient (Wildman–Crippen LogP) is 4.32. The zero-order valence-electron chi connectivity index (χ0n) is 15.2. The average Bonchev–Trinajstić information content (AvgIpc) is 2.51. The summed E-state index contributed by atoms with van der Waals surface area (Å²) in [4.78, 5) is 0. The number of fused-ring (bicyclic) bond motifs is 3. The number of nitriles is 1. The van der Waals surface area contributed by atoms with E-state index in [4.69, 9.17) is 14.2 Å². The summed E-state index contributed by atoms with van der Waals surface area (Å²) in [5.41, 5.74) is -0.302. The molecule has 3 fully saturated rings. The van der Waals surface area contributed by atoms with Crippen LogP contribution in [0.1, 0.15) is 33.1 Å². The van der Waals surface area contributed by atoms with Crippen LogP contribution in [-0.4, -0.2) is 33.4 Å². The first kappa shape index (κ1) is 18.7. The number of nitrogens with zero attached hydrogens (tertiary/aromatic N) is 1. The number of allylic oxidation sites excluding steroid dienone is 1. The molecule has 5 heteroatoms.